The molecule has 2 unspecified atom stereocenters. The van der Waals surface area contributed by atoms with Gasteiger partial charge in [-0.25, -0.2) is 4.79 Å². The molecule has 1 aromatic carbocycles. The highest BCUT2D eigenvalue weighted by Crippen LogP contribution is 2.34. The van der Waals surface area contributed by atoms with Gasteiger partial charge >= 0.3 is 5.69 Å². The predicted molar refractivity (Wildman–Crippen MR) is 83.9 cm³/mol. The maximum absolute atomic E-state index is 11.9. The average Bonchev–Trinajstić information content (AvgIpc) is 2.63. The van der Waals surface area contributed by atoms with Gasteiger partial charge in [0.05, 0.1) is 11.0 Å². The summed E-state index contributed by atoms with van der Waals surface area (Å²) in [4.78, 5) is 12.3. The van der Waals surface area contributed by atoms with E-state index in [-0.39, 0.29) is 5.69 Å². The van der Waals surface area contributed by atoms with E-state index in [0.29, 0.717) is 10.7 Å². The zero-order valence-corrected chi connectivity index (χ0v) is 13.6. The van der Waals surface area contributed by atoms with Crippen LogP contribution in [-0.2, 0) is 14.1 Å². The number of rotatable bonds is 4. The molecule has 0 spiro atoms. The van der Waals surface area contributed by atoms with E-state index >= 15 is 0 Å². The van der Waals surface area contributed by atoms with Crippen molar-refractivity contribution in [3.05, 3.63) is 34.2 Å². The van der Waals surface area contributed by atoms with E-state index in [1.807, 2.05) is 20.2 Å². The minimum Gasteiger partial charge on any atom is -0.295 e. The molecule has 0 aliphatic rings. The maximum atomic E-state index is 11.9. The Bertz CT molecular complexity index is 641. The fraction of sp³-hybridized carbons (Fsp3) is 0.533. The van der Waals surface area contributed by atoms with Gasteiger partial charge in [0.15, 0.2) is 0 Å². The molecular weight excluding hydrogens is 304 g/mol. The minimum absolute atomic E-state index is 0.0277. The Labute approximate surface area is 122 Å². The van der Waals surface area contributed by atoms with Crippen LogP contribution in [0.15, 0.2) is 23.0 Å². The van der Waals surface area contributed by atoms with Crippen molar-refractivity contribution in [3.8, 4) is 0 Å². The maximum Gasteiger partial charge on any atom is 0.328 e. The van der Waals surface area contributed by atoms with Crippen molar-refractivity contribution in [2.75, 3.05) is 0 Å². The fourth-order valence-electron chi connectivity index (χ4n) is 2.63. The molecule has 0 N–H and O–H groups in total. The van der Waals surface area contributed by atoms with Crippen molar-refractivity contribution in [1.29, 1.82) is 0 Å². The Kier molecular flexibility index (Phi) is 4.19. The Hall–Kier alpha value is -1.03. The third-order valence-corrected chi connectivity index (χ3v) is 5.29. The number of fused-ring (bicyclic) bond motifs is 1. The van der Waals surface area contributed by atoms with E-state index < -0.39 is 0 Å². The fourth-order valence-corrected chi connectivity index (χ4v) is 3.17. The molecule has 1 heterocycles. The highest BCUT2D eigenvalue weighted by molar-refractivity contribution is 9.09. The van der Waals surface area contributed by atoms with E-state index in [2.05, 4.69) is 41.9 Å². The number of hydrogen-bond donors (Lipinski definition) is 0. The highest BCUT2D eigenvalue weighted by atomic mass is 79.9. The van der Waals surface area contributed by atoms with Gasteiger partial charge in [-0.1, -0.05) is 42.3 Å². The molecule has 0 aliphatic heterocycles. The third-order valence-electron chi connectivity index (χ3n) is 3.86. The third kappa shape index (κ3) is 2.50. The van der Waals surface area contributed by atoms with Gasteiger partial charge in [0.1, 0.15) is 0 Å². The second-order valence-electron chi connectivity index (χ2n) is 5.32. The monoisotopic (exact) mass is 324 g/mol. The lowest BCUT2D eigenvalue weighted by Crippen LogP contribution is -2.19. The van der Waals surface area contributed by atoms with Gasteiger partial charge in [0, 0.05) is 18.9 Å². The summed E-state index contributed by atoms with van der Waals surface area (Å²) < 4.78 is 3.40. The van der Waals surface area contributed by atoms with Crippen molar-refractivity contribution < 1.29 is 0 Å². The van der Waals surface area contributed by atoms with Gasteiger partial charge in [0.2, 0.25) is 0 Å². The van der Waals surface area contributed by atoms with Crippen molar-refractivity contribution >= 4 is 27.0 Å². The standard InChI is InChI=1S/C15H21BrN2O/c1-5-6-10(2)14(16)11-7-8-12-13(9-11)18(4)15(19)17(12)3/h7-10,14H,5-6H2,1-4H3. The van der Waals surface area contributed by atoms with Crippen LogP contribution in [0, 0.1) is 5.92 Å². The molecule has 0 aliphatic carbocycles. The van der Waals surface area contributed by atoms with Gasteiger partial charge in [-0.05, 0) is 30.0 Å². The lowest BCUT2D eigenvalue weighted by atomic mass is 9.96. The first-order valence-electron chi connectivity index (χ1n) is 6.76. The summed E-state index contributed by atoms with van der Waals surface area (Å²) in [6.45, 7) is 4.47. The highest BCUT2D eigenvalue weighted by Gasteiger charge is 2.17. The molecule has 2 rings (SSSR count). The van der Waals surface area contributed by atoms with Crippen LogP contribution in [-0.4, -0.2) is 9.13 Å². The molecule has 0 saturated heterocycles. The molecule has 0 radical (unpaired) electrons. The van der Waals surface area contributed by atoms with Gasteiger partial charge in [-0.15, -0.1) is 0 Å². The quantitative estimate of drug-likeness (QED) is 0.787. The molecule has 0 fully saturated rings. The lowest BCUT2D eigenvalue weighted by molar-refractivity contribution is 0.519. The number of halogens is 1. The summed E-state index contributed by atoms with van der Waals surface area (Å²) in [7, 11) is 3.64. The molecule has 1 aromatic heterocycles. The number of alkyl halides is 1. The molecule has 104 valence electrons. The van der Waals surface area contributed by atoms with E-state index in [4.69, 9.17) is 0 Å². The summed E-state index contributed by atoms with van der Waals surface area (Å²) in [5, 5.41) is 0. The van der Waals surface area contributed by atoms with E-state index in [0.717, 1.165) is 11.0 Å². The molecule has 0 amide bonds. The second-order valence-corrected chi connectivity index (χ2v) is 6.30. The molecule has 2 aromatic rings. The molecule has 4 heteroatoms. The van der Waals surface area contributed by atoms with Crippen molar-refractivity contribution in [2.24, 2.45) is 20.0 Å². The number of benzene rings is 1. The summed E-state index contributed by atoms with van der Waals surface area (Å²) in [6, 6.07) is 6.29. The largest absolute Gasteiger partial charge is 0.328 e. The first-order chi connectivity index (χ1) is 8.97. The topological polar surface area (TPSA) is 26.9 Å². The number of aryl methyl sites for hydroxylation is 2. The van der Waals surface area contributed by atoms with Crippen LogP contribution in [0.3, 0.4) is 0 Å². The van der Waals surface area contributed by atoms with Crippen LogP contribution in [0.4, 0.5) is 0 Å². The normalized spacial score (nSPS) is 14.8. The van der Waals surface area contributed by atoms with Crippen molar-refractivity contribution in [1.82, 2.24) is 9.13 Å². The van der Waals surface area contributed by atoms with Gasteiger partial charge in [-0.3, -0.25) is 9.13 Å². The average molecular weight is 325 g/mol. The van der Waals surface area contributed by atoms with Crippen LogP contribution in [0.5, 0.6) is 0 Å². The smallest absolute Gasteiger partial charge is 0.295 e. The molecule has 0 bridgehead atoms. The zero-order chi connectivity index (χ0) is 14.2. The summed E-state index contributed by atoms with van der Waals surface area (Å²) in [6.07, 6.45) is 2.39. The Morgan fingerprint density at radius 1 is 1.21 bits per heavy atom. The number of aromatic nitrogens is 2. The first-order valence-corrected chi connectivity index (χ1v) is 7.68. The summed E-state index contributed by atoms with van der Waals surface area (Å²) >= 11 is 3.79. The first kappa shape index (κ1) is 14.4. The van der Waals surface area contributed by atoms with E-state index in [9.17, 15) is 4.79 Å². The van der Waals surface area contributed by atoms with Crippen molar-refractivity contribution in [3.63, 3.8) is 0 Å². The minimum atomic E-state index is 0.0277. The second kappa shape index (κ2) is 5.53. The Morgan fingerprint density at radius 3 is 2.47 bits per heavy atom. The Morgan fingerprint density at radius 2 is 1.84 bits per heavy atom. The van der Waals surface area contributed by atoms with Crippen LogP contribution in [0.2, 0.25) is 0 Å². The summed E-state index contributed by atoms with van der Waals surface area (Å²) in [5.41, 5.74) is 3.26. The Balaban J connectivity index is 2.47. The van der Waals surface area contributed by atoms with Gasteiger partial charge in [-0.2, -0.15) is 0 Å². The predicted octanol–water partition coefficient (Wildman–Crippen LogP) is 3.75. The van der Waals surface area contributed by atoms with Crippen LogP contribution < -0.4 is 5.69 Å². The lowest BCUT2D eigenvalue weighted by Gasteiger charge is -2.18. The van der Waals surface area contributed by atoms with Gasteiger partial charge < -0.3 is 0 Å². The van der Waals surface area contributed by atoms with E-state index in [1.165, 1.54) is 18.4 Å². The number of imidazole rings is 1. The van der Waals surface area contributed by atoms with Gasteiger partial charge in [0.25, 0.3) is 0 Å². The SMILES string of the molecule is CCCC(C)C(Br)c1ccc2c(c1)n(C)c(=O)n2C. The van der Waals surface area contributed by atoms with Crippen LogP contribution in [0.1, 0.15) is 37.1 Å². The molecule has 0 saturated carbocycles. The van der Waals surface area contributed by atoms with Crippen molar-refractivity contribution in [2.45, 2.75) is 31.5 Å². The number of nitrogens with zero attached hydrogens (tertiary/aromatic N) is 2. The van der Waals surface area contributed by atoms with Crippen LogP contribution in [0.25, 0.3) is 11.0 Å². The van der Waals surface area contributed by atoms with Crippen LogP contribution >= 0.6 is 15.9 Å². The molecule has 19 heavy (non-hydrogen) atoms. The summed E-state index contributed by atoms with van der Waals surface area (Å²) in [5.74, 6) is 0.586. The number of hydrogen-bond acceptors (Lipinski definition) is 1. The zero-order valence-electron chi connectivity index (χ0n) is 12.0. The molecular formula is C15H21BrN2O. The molecule has 3 nitrogen and oxygen atoms in total. The van der Waals surface area contributed by atoms with E-state index in [1.54, 1.807) is 9.13 Å². The molecule has 2 atom stereocenters.